The number of rotatable bonds is 3. The van der Waals surface area contributed by atoms with Crippen LogP contribution in [0.1, 0.15) is 11.8 Å². The Bertz CT molecular complexity index is 592. The minimum Gasteiger partial charge on any atom is -0.248 e. The van der Waals surface area contributed by atoms with Gasteiger partial charge in [0.15, 0.2) is 0 Å². The lowest BCUT2D eigenvalue weighted by Gasteiger charge is -2.01. The van der Waals surface area contributed by atoms with Gasteiger partial charge in [0.05, 0.1) is 0 Å². The summed E-state index contributed by atoms with van der Waals surface area (Å²) in [6.45, 7) is 1.90. The number of nitrogens with zero attached hydrogens (tertiary/aromatic N) is 1. The summed E-state index contributed by atoms with van der Waals surface area (Å²) in [6.07, 6.45) is 6.84. The topological polar surface area (TPSA) is 39.1 Å². The van der Waals surface area contributed by atoms with Crippen molar-refractivity contribution < 1.29 is 8.42 Å². The van der Waals surface area contributed by atoms with Gasteiger partial charge in [0, 0.05) is 17.3 Å². The van der Waals surface area contributed by atoms with Crippen molar-refractivity contribution >= 4 is 27.4 Å². The van der Waals surface area contributed by atoms with E-state index in [-0.39, 0.29) is 0 Å². The van der Waals surface area contributed by atoms with Gasteiger partial charge in [-0.1, -0.05) is 6.08 Å². The van der Waals surface area contributed by atoms with Crippen LogP contribution in [-0.2, 0) is 10.0 Å². The molecule has 16 heavy (non-hydrogen) atoms. The van der Waals surface area contributed by atoms with E-state index in [4.69, 9.17) is 0 Å². The van der Waals surface area contributed by atoms with Crippen molar-refractivity contribution in [1.29, 1.82) is 0 Å². The maximum absolute atomic E-state index is 12.1. The third-order valence-electron chi connectivity index (χ3n) is 2.04. The van der Waals surface area contributed by atoms with E-state index in [1.165, 1.54) is 27.7 Å². The van der Waals surface area contributed by atoms with Crippen molar-refractivity contribution in [3.05, 3.63) is 47.6 Å². The van der Waals surface area contributed by atoms with E-state index in [2.05, 4.69) is 0 Å². The van der Waals surface area contributed by atoms with Crippen LogP contribution in [0.4, 0.5) is 0 Å². The molecule has 0 aromatic carbocycles. The van der Waals surface area contributed by atoms with Gasteiger partial charge in [0.1, 0.15) is 4.21 Å². The molecule has 0 saturated carbocycles. The van der Waals surface area contributed by atoms with Crippen LogP contribution in [0.2, 0.25) is 0 Å². The molecule has 0 amide bonds. The number of allylic oxidation sites excluding steroid dienone is 1. The third-order valence-corrected chi connectivity index (χ3v) is 5.21. The van der Waals surface area contributed by atoms with E-state index in [1.54, 1.807) is 24.3 Å². The van der Waals surface area contributed by atoms with Gasteiger partial charge in [-0.15, -0.1) is 11.3 Å². The van der Waals surface area contributed by atoms with Crippen LogP contribution in [0.5, 0.6) is 0 Å². The van der Waals surface area contributed by atoms with E-state index in [0.717, 1.165) is 4.88 Å². The Labute approximate surface area is 98.7 Å². The van der Waals surface area contributed by atoms with Gasteiger partial charge >= 0.3 is 0 Å². The molecule has 2 aromatic rings. The lowest BCUT2D eigenvalue weighted by molar-refractivity contribution is 0.589. The quantitative estimate of drug-likeness (QED) is 0.843. The highest BCUT2D eigenvalue weighted by Crippen LogP contribution is 2.24. The van der Waals surface area contributed by atoms with Gasteiger partial charge < -0.3 is 0 Å². The molecular weight excluding hydrogens is 242 g/mol. The summed E-state index contributed by atoms with van der Waals surface area (Å²) in [4.78, 5) is 0.938. The summed E-state index contributed by atoms with van der Waals surface area (Å²) < 4.78 is 25.7. The van der Waals surface area contributed by atoms with Crippen LogP contribution in [0, 0.1) is 0 Å². The van der Waals surface area contributed by atoms with Gasteiger partial charge in [-0.3, -0.25) is 0 Å². The lowest BCUT2D eigenvalue weighted by Crippen LogP contribution is -2.08. The predicted molar refractivity (Wildman–Crippen MR) is 66.0 cm³/mol. The molecule has 2 rings (SSSR count). The molecule has 0 radical (unpaired) electrons. The summed E-state index contributed by atoms with van der Waals surface area (Å²) in [5.41, 5.74) is 0. The van der Waals surface area contributed by atoms with Crippen molar-refractivity contribution in [2.24, 2.45) is 0 Å². The Morgan fingerprint density at radius 2 is 1.94 bits per heavy atom. The largest absolute Gasteiger partial charge is 0.277 e. The number of aromatic nitrogens is 1. The highest BCUT2D eigenvalue weighted by atomic mass is 32.2. The maximum Gasteiger partial charge on any atom is 0.277 e. The molecule has 2 heterocycles. The molecule has 3 nitrogen and oxygen atoms in total. The molecule has 2 aromatic heterocycles. The molecule has 0 aliphatic carbocycles. The monoisotopic (exact) mass is 253 g/mol. The number of hydrogen-bond donors (Lipinski definition) is 0. The van der Waals surface area contributed by atoms with E-state index in [9.17, 15) is 8.42 Å². The van der Waals surface area contributed by atoms with E-state index in [0.29, 0.717) is 4.21 Å². The van der Waals surface area contributed by atoms with Crippen LogP contribution in [0.3, 0.4) is 0 Å². The molecule has 0 atom stereocenters. The molecule has 0 saturated heterocycles. The molecular formula is C11H11NO2S2. The second kappa shape index (κ2) is 4.27. The van der Waals surface area contributed by atoms with Crippen molar-refractivity contribution in [1.82, 2.24) is 3.97 Å². The minimum absolute atomic E-state index is 0.358. The zero-order valence-corrected chi connectivity index (χ0v) is 10.3. The van der Waals surface area contributed by atoms with Crippen molar-refractivity contribution in [3.63, 3.8) is 0 Å². The molecule has 0 aliphatic heterocycles. The zero-order valence-electron chi connectivity index (χ0n) is 8.70. The summed E-state index contributed by atoms with van der Waals surface area (Å²) in [5, 5.41) is 0. The first kappa shape index (κ1) is 11.2. The molecule has 0 aliphatic rings. The molecule has 5 heteroatoms. The van der Waals surface area contributed by atoms with E-state index in [1.807, 2.05) is 19.1 Å². The summed E-state index contributed by atoms with van der Waals surface area (Å²) >= 11 is 1.27. The average Bonchev–Trinajstić information content (AvgIpc) is 2.88. The fourth-order valence-electron chi connectivity index (χ4n) is 1.31. The van der Waals surface area contributed by atoms with Crippen LogP contribution >= 0.6 is 11.3 Å². The summed E-state index contributed by atoms with van der Waals surface area (Å²) in [5.74, 6) is 0. The fraction of sp³-hybridized carbons (Fsp3) is 0.0909. The van der Waals surface area contributed by atoms with Crippen LogP contribution in [-0.4, -0.2) is 12.4 Å². The van der Waals surface area contributed by atoms with Gasteiger partial charge in [-0.25, -0.2) is 3.97 Å². The Balaban J connectivity index is 2.44. The molecule has 84 valence electrons. The third kappa shape index (κ3) is 1.96. The number of thiophene rings is 1. The van der Waals surface area contributed by atoms with Crippen molar-refractivity contribution in [2.75, 3.05) is 0 Å². The first-order valence-electron chi connectivity index (χ1n) is 4.75. The van der Waals surface area contributed by atoms with E-state index < -0.39 is 10.0 Å². The first-order valence-corrected chi connectivity index (χ1v) is 7.01. The van der Waals surface area contributed by atoms with E-state index >= 15 is 0 Å². The van der Waals surface area contributed by atoms with Crippen molar-refractivity contribution in [2.45, 2.75) is 11.1 Å². The second-order valence-corrected chi connectivity index (χ2v) is 6.36. The Kier molecular flexibility index (Phi) is 2.98. The van der Waals surface area contributed by atoms with Gasteiger partial charge in [0.2, 0.25) is 0 Å². The normalized spacial score (nSPS) is 12.3. The highest BCUT2D eigenvalue weighted by Gasteiger charge is 2.17. The molecule has 0 bridgehead atoms. The summed E-state index contributed by atoms with van der Waals surface area (Å²) in [6, 6.07) is 6.83. The van der Waals surface area contributed by atoms with Gasteiger partial charge in [0.25, 0.3) is 10.0 Å². The molecule has 0 spiro atoms. The van der Waals surface area contributed by atoms with Crippen LogP contribution in [0.15, 0.2) is 46.9 Å². The lowest BCUT2D eigenvalue weighted by atomic mass is 10.4. The van der Waals surface area contributed by atoms with Crippen molar-refractivity contribution in [3.8, 4) is 0 Å². The molecule has 0 fully saturated rings. The number of hydrogen-bond acceptors (Lipinski definition) is 3. The summed E-state index contributed by atoms with van der Waals surface area (Å²) in [7, 11) is -3.39. The Hall–Kier alpha value is -1.33. The van der Waals surface area contributed by atoms with Gasteiger partial charge in [-0.05, 0) is 37.3 Å². The van der Waals surface area contributed by atoms with Crippen LogP contribution in [0.25, 0.3) is 6.08 Å². The first-order chi connectivity index (χ1) is 7.64. The second-order valence-electron chi connectivity index (χ2n) is 3.17. The SMILES string of the molecule is CC=Cc1ccc(S(=O)(=O)n2cccc2)s1. The minimum atomic E-state index is -3.39. The average molecular weight is 253 g/mol. The highest BCUT2D eigenvalue weighted by molar-refractivity contribution is 7.92. The predicted octanol–water partition coefficient (Wildman–Crippen LogP) is 2.82. The Morgan fingerprint density at radius 1 is 1.25 bits per heavy atom. The Morgan fingerprint density at radius 3 is 2.56 bits per heavy atom. The fourth-order valence-corrected chi connectivity index (χ4v) is 3.90. The molecule has 0 unspecified atom stereocenters. The smallest absolute Gasteiger partial charge is 0.248 e. The standard InChI is InChI=1S/C11H11NO2S2/c1-2-5-10-6-7-11(15-10)16(13,14)12-8-3-4-9-12/h2-9H,1H3. The maximum atomic E-state index is 12.1. The zero-order chi connectivity index (χ0) is 11.6. The molecule has 0 N–H and O–H groups in total. The van der Waals surface area contributed by atoms with Gasteiger partial charge in [-0.2, -0.15) is 8.42 Å². The van der Waals surface area contributed by atoms with Crippen LogP contribution < -0.4 is 0 Å².